The van der Waals surface area contributed by atoms with E-state index in [0.717, 1.165) is 5.56 Å². The summed E-state index contributed by atoms with van der Waals surface area (Å²) in [5.74, 6) is -1.29. The van der Waals surface area contributed by atoms with E-state index in [4.69, 9.17) is 10.8 Å². The van der Waals surface area contributed by atoms with Crippen molar-refractivity contribution in [3.63, 3.8) is 0 Å². The van der Waals surface area contributed by atoms with E-state index < -0.39 is 11.6 Å². The Morgan fingerprint density at radius 3 is 2.36 bits per heavy atom. The van der Waals surface area contributed by atoms with Crippen LogP contribution in [0.3, 0.4) is 0 Å². The van der Waals surface area contributed by atoms with Crippen molar-refractivity contribution in [2.75, 3.05) is 6.54 Å². The summed E-state index contributed by atoms with van der Waals surface area (Å²) in [6.45, 7) is -0.294. The Kier molecular flexibility index (Phi) is 3.22. The van der Waals surface area contributed by atoms with Crippen LogP contribution in [-0.4, -0.2) is 28.3 Å². The number of carboxylic acid groups (broad SMARTS) is 1. The van der Waals surface area contributed by atoms with Crippen LogP contribution in [0.15, 0.2) is 30.3 Å². The Morgan fingerprint density at radius 2 is 1.93 bits per heavy atom. The number of carboxylic acids is 1. The zero-order chi connectivity index (χ0) is 10.6. The van der Waals surface area contributed by atoms with Crippen molar-refractivity contribution >= 4 is 5.97 Å². The van der Waals surface area contributed by atoms with Gasteiger partial charge in [0.15, 0.2) is 5.60 Å². The van der Waals surface area contributed by atoms with Gasteiger partial charge in [-0.15, -0.1) is 0 Å². The van der Waals surface area contributed by atoms with Crippen LogP contribution >= 0.6 is 0 Å². The zero-order valence-electron chi connectivity index (χ0n) is 7.68. The summed E-state index contributed by atoms with van der Waals surface area (Å²) in [6, 6.07) is 8.90. The highest BCUT2D eigenvalue weighted by atomic mass is 16.4. The Bertz CT molecular complexity index is 312. The highest BCUT2D eigenvalue weighted by Gasteiger charge is 2.34. The van der Waals surface area contributed by atoms with Gasteiger partial charge in [0.1, 0.15) is 0 Å². The maximum atomic E-state index is 10.7. The third-order valence-corrected chi connectivity index (χ3v) is 2.08. The lowest BCUT2D eigenvalue weighted by molar-refractivity contribution is -0.157. The number of aliphatic carboxylic acids is 1. The number of hydrogen-bond donors (Lipinski definition) is 3. The van der Waals surface area contributed by atoms with Crippen molar-refractivity contribution in [3.05, 3.63) is 35.9 Å². The molecule has 0 saturated heterocycles. The number of carbonyl (C=O) groups is 1. The molecule has 4 N–H and O–H groups in total. The summed E-state index contributed by atoms with van der Waals surface area (Å²) in [4.78, 5) is 10.7. The van der Waals surface area contributed by atoms with Gasteiger partial charge in [-0.1, -0.05) is 30.3 Å². The summed E-state index contributed by atoms with van der Waals surface area (Å²) < 4.78 is 0. The van der Waals surface area contributed by atoms with E-state index in [1.807, 2.05) is 6.07 Å². The van der Waals surface area contributed by atoms with Crippen LogP contribution in [-0.2, 0) is 11.2 Å². The maximum absolute atomic E-state index is 10.7. The van der Waals surface area contributed by atoms with Crippen LogP contribution in [0.1, 0.15) is 5.56 Å². The topological polar surface area (TPSA) is 83.5 Å². The molecule has 1 atom stereocenters. The van der Waals surface area contributed by atoms with E-state index >= 15 is 0 Å². The SMILES string of the molecule is NC[C@](O)(Cc1ccccc1)C(=O)O. The van der Waals surface area contributed by atoms with Gasteiger partial charge in [0.05, 0.1) is 0 Å². The molecule has 4 nitrogen and oxygen atoms in total. The van der Waals surface area contributed by atoms with Gasteiger partial charge >= 0.3 is 5.97 Å². The molecule has 0 aliphatic heterocycles. The first kappa shape index (κ1) is 10.7. The Balaban J connectivity index is 2.81. The second-order valence-electron chi connectivity index (χ2n) is 3.20. The molecule has 0 aliphatic rings. The first-order chi connectivity index (χ1) is 6.58. The molecular weight excluding hydrogens is 182 g/mol. The lowest BCUT2D eigenvalue weighted by Crippen LogP contribution is -2.47. The molecule has 0 spiro atoms. The molecule has 0 aliphatic carbocycles. The summed E-state index contributed by atoms with van der Waals surface area (Å²) in [5, 5.41) is 18.4. The van der Waals surface area contributed by atoms with Gasteiger partial charge in [-0.05, 0) is 5.56 Å². The average molecular weight is 195 g/mol. The van der Waals surface area contributed by atoms with Crippen LogP contribution in [0, 0.1) is 0 Å². The lowest BCUT2D eigenvalue weighted by Gasteiger charge is -2.21. The van der Waals surface area contributed by atoms with E-state index in [1.54, 1.807) is 24.3 Å². The molecule has 0 radical (unpaired) electrons. The van der Waals surface area contributed by atoms with Crippen molar-refractivity contribution in [1.82, 2.24) is 0 Å². The predicted molar refractivity (Wildman–Crippen MR) is 51.8 cm³/mol. The molecule has 0 unspecified atom stereocenters. The third-order valence-electron chi connectivity index (χ3n) is 2.08. The van der Waals surface area contributed by atoms with Gasteiger partial charge in [-0.2, -0.15) is 0 Å². The Morgan fingerprint density at radius 1 is 1.36 bits per heavy atom. The fourth-order valence-corrected chi connectivity index (χ4v) is 1.17. The molecular formula is C10H13NO3. The fraction of sp³-hybridized carbons (Fsp3) is 0.300. The van der Waals surface area contributed by atoms with Crippen LogP contribution in [0.25, 0.3) is 0 Å². The summed E-state index contributed by atoms with van der Waals surface area (Å²) >= 11 is 0. The minimum Gasteiger partial charge on any atom is -0.479 e. The van der Waals surface area contributed by atoms with E-state index in [-0.39, 0.29) is 13.0 Å². The van der Waals surface area contributed by atoms with Gasteiger partial charge in [-0.3, -0.25) is 0 Å². The van der Waals surface area contributed by atoms with Gasteiger partial charge in [0.2, 0.25) is 0 Å². The monoisotopic (exact) mass is 195 g/mol. The number of hydrogen-bond acceptors (Lipinski definition) is 3. The van der Waals surface area contributed by atoms with Crippen LogP contribution < -0.4 is 5.73 Å². The summed E-state index contributed by atoms with van der Waals surface area (Å²) in [5.41, 5.74) is 4.12. The van der Waals surface area contributed by atoms with Crippen molar-refractivity contribution < 1.29 is 15.0 Å². The zero-order valence-corrected chi connectivity index (χ0v) is 7.68. The molecule has 0 heterocycles. The molecule has 0 bridgehead atoms. The van der Waals surface area contributed by atoms with Crippen LogP contribution in [0.2, 0.25) is 0 Å². The summed E-state index contributed by atoms with van der Waals surface area (Å²) in [6.07, 6.45) is 0.0275. The van der Waals surface area contributed by atoms with E-state index in [9.17, 15) is 9.90 Å². The molecule has 0 aromatic heterocycles. The molecule has 0 amide bonds. The minimum atomic E-state index is -1.86. The smallest absolute Gasteiger partial charge is 0.337 e. The third kappa shape index (κ3) is 2.31. The highest BCUT2D eigenvalue weighted by Crippen LogP contribution is 2.12. The first-order valence-corrected chi connectivity index (χ1v) is 4.28. The van der Waals surface area contributed by atoms with Crippen molar-refractivity contribution in [3.8, 4) is 0 Å². The van der Waals surface area contributed by atoms with Crippen molar-refractivity contribution in [1.29, 1.82) is 0 Å². The van der Waals surface area contributed by atoms with E-state index in [1.165, 1.54) is 0 Å². The molecule has 0 saturated carbocycles. The first-order valence-electron chi connectivity index (χ1n) is 4.28. The average Bonchev–Trinajstić information content (AvgIpc) is 2.19. The number of rotatable bonds is 4. The molecule has 0 fully saturated rings. The molecule has 1 rings (SSSR count). The molecule has 1 aromatic carbocycles. The van der Waals surface area contributed by atoms with E-state index in [0.29, 0.717) is 0 Å². The van der Waals surface area contributed by atoms with Crippen LogP contribution in [0.5, 0.6) is 0 Å². The Labute approximate surface area is 82.0 Å². The van der Waals surface area contributed by atoms with Gasteiger partial charge < -0.3 is 15.9 Å². The predicted octanol–water partition coefficient (Wildman–Crippen LogP) is 0.00350. The second kappa shape index (κ2) is 4.21. The molecule has 14 heavy (non-hydrogen) atoms. The van der Waals surface area contributed by atoms with Crippen molar-refractivity contribution in [2.24, 2.45) is 5.73 Å². The lowest BCUT2D eigenvalue weighted by atomic mass is 9.95. The number of nitrogens with two attached hydrogens (primary N) is 1. The maximum Gasteiger partial charge on any atom is 0.337 e. The quantitative estimate of drug-likeness (QED) is 0.631. The van der Waals surface area contributed by atoms with Crippen LogP contribution in [0.4, 0.5) is 0 Å². The fourth-order valence-electron chi connectivity index (χ4n) is 1.17. The summed E-state index contributed by atoms with van der Waals surface area (Å²) in [7, 11) is 0. The Hall–Kier alpha value is -1.39. The molecule has 1 aromatic rings. The largest absolute Gasteiger partial charge is 0.479 e. The van der Waals surface area contributed by atoms with E-state index in [2.05, 4.69) is 0 Å². The van der Waals surface area contributed by atoms with Gasteiger partial charge in [0.25, 0.3) is 0 Å². The second-order valence-corrected chi connectivity index (χ2v) is 3.20. The normalized spacial score (nSPS) is 14.7. The number of aliphatic hydroxyl groups is 1. The van der Waals surface area contributed by atoms with Gasteiger partial charge in [-0.25, -0.2) is 4.79 Å². The molecule has 4 heteroatoms. The molecule has 76 valence electrons. The minimum absolute atomic E-state index is 0.0275. The highest BCUT2D eigenvalue weighted by molar-refractivity contribution is 5.77. The van der Waals surface area contributed by atoms with Gasteiger partial charge in [0, 0.05) is 13.0 Å². The van der Waals surface area contributed by atoms with Crippen molar-refractivity contribution in [2.45, 2.75) is 12.0 Å². The standard InChI is InChI=1S/C10H13NO3/c11-7-10(14,9(12)13)6-8-4-2-1-3-5-8/h1-5,14H,6-7,11H2,(H,12,13)/t10-/m1/s1. The number of benzene rings is 1.